The van der Waals surface area contributed by atoms with Gasteiger partial charge in [-0.15, -0.1) is 0 Å². The van der Waals surface area contributed by atoms with Crippen molar-refractivity contribution in [2.24, 2.45) is 11.8 Å². The van der Waals surface area contributed by atoms with Crippen molar-refractivity contribution in [2.75, 3.05) is 13.2 Å². The van der Waals surface area contributed by atoms with E-state index in [0.717, 1.165) is 11.6 Å². The first-order valence-corrected chi connectivity index (χ1v) is 11.3. The van der Waals surface area contributed by atoms with Crippen molar-refractivity contribution in [3.8, 4) is 0 Å². The highest BCUT2D eigenvalue weighted by atomic mass is 127. The van der Waals surface area contributed by atoms with Crippen LogP contribution in [-0.4, -0.2) is 26.7 Å². The van der Waals surface area contributed by atoms with E-state index < -0.39 is 10.1 Å². The molecule has 2 atom stereocenters. The van der Waals surface area contributed by atoms with Crippen molar-refractivity contribution in [3.05, 3.63) is 49.1 Å². The minimum absolute atomic E-state index is 0.000762. The van der Waals surface area contributed by atoms with Crippen molar-refractivity contribution >= 4 is 71.2 Å². The summed E-state index contributed by atoms with van der Waals surface area (Å²) in [4.78, 5) is 0.159. The van der Waals surface area contributed by atoms with Gasteiger partial charge >= 0.3 is 0 Å². The number of aliphatic hydroxyl groups is 1. The molecule has 0 saturated carbocycles. The normalized spacial score (nSPS) is 13.4. The SMILES string of the molecule is C=C(I)[C@H](C)CO.C=C(I)[C@H](C)COS(=O)(=O)c1ccc(Br)cc1. The largest absolute Gasteiger partial charge is 0.396 e. The van der Waals surface area contributed by atoms with Crippen LogP contribution in [0.2, 0.25) is 0 Å². The highest BCUT2D eigenvalue weighted by Crippen LogP contribution is 2.20. The van der Waals surface area contributed by atoms with Crippen LogP contribution in [0, 0.1) is 11.8 Å². The molecule has 0 aliphatic carbocycles. The molecule has 1 N–H and O–H groups in total. The minimum Gasteiger partial charge on any atom is -0.396 e. The van der Waals surface area contributed by atoms with Crippen LogP contribution < -0.4 is 0 Å². The average molecular weight is 643 g/mol. The summed E-state index contributed by atoms with van der Waals surface area (Å²) in [6.07, 6.45) is 0. The molecule has 0 heterocycles. The molecule has 0 spiro atoms. The third-order valence-electron chi connectivity index (χ3n) is 2.92. The van der Waals surface area contributed by atoms with E-state index in [1.165, 1.54) is 12.1 Å². The summed E-state index contributed by atoms with van der Waals surface area (Å²) in [6, 6.07) is 6.33. The van der Waals surface area contributed by atoms with Crippen LogP contribution in [0.15, 0.2) is 54.0 Å². The van der Waals surface area contributed by atoms with Crippen LogP contribution in [0.25, 0.3) is 0 Å². The first-order valence-electron chi connectivity index (χ1n) is 6.95. The van der Waals surface area contributed by atoms with E-state index in [2.05, 4.69) is 74.3 Å². The first-order chi connectivity index (χ1) is 11.0. The van der Waals surface area contributed by atoms with Crippen molar-refractivity contribution in [1.82, 2.24) is 0 Å². The molecule has 0 fully saturated rings. The van der Waals surface area contributed by atoms with E-state index in [1.54, 1.807) is 12.1 Å². The molecule has 0 aliphatic rings. The fourth-order valence-electron chi connectivity index (χ4n) is 1.05. The maximum Gasteiger partial charge on any atom is 0.296 e. The second kappa shape index (κ2) is 12.0. The van der Waals surface area contributed by atoms with Crippen molar-refractivity contribution in [2.45, 2.75) is 18.7 Å². The molecule has 0 aliphatic heterocycles. The molecule has 0 radical (unpaired) electrons. The molecule has 4 nitrogen and oxygen atoms in total. The molecule has 1 aromatic carbocycles. The summed E-state index contributed by atoms with van der Waals surface area (Å²) in [5.41, 5.74) is 0. The Hall–Kier alpha value is 0.510. The smallest absolute Gasteiger partial charge is 0.296 e. The van der Waals surface area contributed by atoms with Gasteiger partial charge in [0.1, 0.15) is 0 Å². The lowest BCUT2D eigenvalue weighted by Crippen LogP contribution is -2.12. The van der Waals surface area contributed by atoms with Gasteiger partial charge in [0.25, 0.3) is 10.1 Å². The zero-order chi connectivity index (χ0) is 18.9. The van der Waals surface area contributed by atoms with Gasteiger partial charge in [-0.2, -0.15) is 8.42 Å². The van der Waals surface area contributed by atoms with E-state index in [-0.39, 0.29) is 29.9 Å². The fraction of sp³-hybridized carbons (Fsp3) is 0.375. The number of aliphatic hydroxyl groups excluding tert-OH is 1. The lowest BCUT2D eigenvalue weighted by Gasteiger charge is -2.10. The van der Waals surface area contributed by atoms with E-state index in [9.17, 15) is 8.42 Å². The Kier molecular flexibility index (Phi) is 12.3. The number of hydrogen-bond acceptors (Lipinski definition) is 4. The van der Waals surface area contributed by atoms with Gasteiger partial charge in [0, 0.05) is 16.3 Å². The second-order valence-electron chi connectivity index (χ2n) is 5.07. The molecular formula is C16H21BrI2O4S. The van der Waals surface area contributed by atoms with Gasteiger partial charge < -0.3 is 5.11 Å². The Morgan fingerprint density at radius 2 is 1.62 bits per heavy atom. The van der Waals surface area contributed by atoms with Crippen molar-refractivity contribution in [1.29, 1.82) is 0 Å². The zero-order valence-corrected chi connectivity index (χ0v) is 20.2. The van der Waals surface area contributed by atoms with Crippen LogP contribution in [0.5, 0.6) is 0 Å². The Morgan fingerprint density at radius 3 is 1.96 bits per heavy atom. The highest BCUT2D eigenvalue weighted by molar-refractivity contribution is 14.1. The Balaban J connectivity index is 0.000000640. The summed E-state index contributed by atoms with van der Waals surface area (Å²) < 4.78 is 31.3. The van der Waals surface area contributed by atoms with E-state index in [1.807, 2.05) is 13.8 Å². The van der Waals surface area contributed by atoms with Crippen LogP contribution in [0.4, 0.5) is 0 Å². The van der Waals surface area contributed by atoms with Gasteiger partial charge in [-0.25, -0.2) is 0 Å². The molecule has 24 heavy (non-hydrogen) atoms. The Bertz CT molecular complexity index is 645. The van der Waals surface area contributed by atoms with E-state index in [0.29, 0.717) is 0 Å². The maximum absolute atomic E-state index is 11.8. The van der Waals surface area contributed by atoms with Gasteiger partial charge in [-0.1, -0.05) is 42.9 Å². The molecule has 1 aromatic rings. The summed E-state index contributed by atoms with van der Waals surface area (Å²) in [5, 5.41) is 8.44. The number of benzene rings is 1. The molecule has 136 valence electrons. The maximum atomic E-state index is 11.8. The van der Waals surface area contributed by atoms with Gasteiger partial charge in [0.15, 0.2) is 0 Å². The van der Waals surface area contributed by atoms with E-state index in [4.69, 9.17) is 9.29 Å². The predicted octanol–water partition coefficient (Wildman–Crippen LogP) is 5.30. The molecule has 0 bridgehead atoms. The van der Waals surface area contributed by atoms with Gasteiger partial charge in [0.05, 0.1) is 18.1 Å². The first kappa shape index (κ1) is 24.5. The third kappa shape index (κ3) is 9.85. The van der Waals surface area contributed by atoms with Crippen LogP contribution in [0.3, 0.4) is 0 Å². The van der Waals surface area contributed by atoms with Crippen molar-refractivity contribution < 1.29 is 17.7 Å². The Morgan fingerprint density at radius 1 is 1.17 bits per heavy atom. The number of rotatable bonds is 7. The summed E-state index contributed by atoms with van der Waals surface area (Å²) in [7, 11) is -3.67. The molecular weight excluding hydrogens is 622 g/mol. The molecule has 0 unspecified atom stereocenters. The van der Waals surface area contributed by atoms with Crippen LogP contribution in [0.1, 0.15) is 13.8 Å². The monoisotopic (exact) mass is 642 g/mol. The summed E-state index contributed by atoms with van der Waals surface area (Å²) >= 11 is 7.42. The lowest BCUT2D eigenvalue weighted by molar-refractivity contribution is 0.261. The van der Waals surface area contributed by atoms with Crippen LogP contribution >= 0.6 is 61.1 Å². The van der Waals surface area contributed by atoms with E-state index >= 15 is 0 Å². The lowest BCUT2D eigenvalue weighted by atomic mass is 10.2. The topological polar surface area (TPSA) is 63.6 Å². The van der Waals surface area contributed by atoms with Crippen LogP contribution in [-0.2, 0) is 14.3 Å². The highest BCUT2D eigenvalue weighted by Gasteiger charge is 2.17. The fourth-order valence-corrected chi connectivity index (χ4v) is 2.68. The standard InChI is InChI=1S/C11H12BrIO3S.C5H9IO/c1-8(9(2)13)7-16-17(14,15)11-5-3-10(12)4-6-11;1-4(3-7)5(2)6/h3-6,8H,2,7H2,1H3;4,7H,2-3H2,1H3/t8-;4-/m11/s1. The molecule has 0 saturated heterocycles. The predicted molar refractivity (Wildman–Crippen MR) is 119 cm³/mol. The molecule has 8 heteroatoms. The minimum atomic E-state index is -3.67. The average Bonchev–Trinajstić information content (AvgIpc) is 2.52. The number of halogens is 3. The third-order valence-corrected chi connectivity index (χ3v) is 6.87. The summed E-state index contributed by atoms with van der Waals surface area (Å²) in [5.74, 6) is 0.251. The van der Waals surface area contributed by atoms with Crippen molar-refractivity contribution in [3.63, 3.8) is 0 Å². The molecule has 0 aromatic heterocycles. The second-order valence-corrected chi connectivity index (χ2v) is 10.4. The quantitative estimate of drug-likeness (QED) is 0.324. The number of hydrogen-bond donors (Lipinski definition) is 1. The zero-order valence-electron chi connectivity index (χ0n) is 13.5. The molecule has 0 amide bonds. The molecule has 1 rings (SSSR count). The summed E-state index contributed by atoms with van der Waals surface area (Å²) in [6.45, 7) is 11.5. The van der Waals surface area contributed by atoms with Gasteiger partial charge in [-0.3, -0.25) is 4.18 Å². The van der Waals surface area contributed by atoms with Gasteiger partial charge in [-0.05, 0) is 76.6 Å². The van der Waals surface area contributed by atoms with Gasteiger partial charge in [0.2, 0.25) is 0 Å². The Labute approximate surface area is 180 Å².